The highest BCUT2D eigenvalue weighted by Crippen LogP contribution is 2.40. The van der Waals surface area contributed by atoms with Crippen molar-refractivity contribution in [2.24, 2.45) is 0 Å². The number of benzene rings is 2. The molecule has 0 spiro atoms. The smallest absolute Gasteiger partial charge is 0.174 e. The largest absolute Gasteiger partial charge is 0.493 e. The van der Waals surface area contributed by atoms with Gasteiger partial charge in [-0.15, -0.1) is 0 Å². The second kappa shape index (κ2) is 7.74. The molecule has 6 heteroatoms. The van der Waals surface area contributed by atoms with Crippen LogP contribution in [0.1, 0.15) is 16.8 Å². The molecule has 0 bridgehead atoms. The number of rotatable bonds is 5. The lowest BCUT2D eigenvalue weighted by molar-refractivity contribution is 0.245. The highest BCUT2D eigenvalue weighted by molar-refractivity contribution is 9.10. The van der Waals surface area contributed by atoms with Crippen LogP contribution >= 0.6 is 15.9 Å². The van der Waals surface area contributed by atoms with E-state index in [0.717, 1.165) is 41.8 Å². The molecule has 27 heavy (non-hydrogen) atoms. The van der Waals surface area contributed by atoms with Gasteiger partial charge in [-0.2, -0.15) is 5.10 Å². The highest BCUT2D eigenvalue weighted by Gasteiger charge is 2.24. The Balaban J connectivity index is 1.64. The maximum atomic E-state index is 5.50. The lowest BCUT2D eigenvalue weighted by Crippen LogP contribution is -2.29. The number of fused-ring (bicyclic) bond motifs is 1. The third-order valence-electron chi connectivity index (χ3n) is 4.97. The zero-order valence-corrected chi connectivity index (χ0v) is 17.0. The molecule has 1 aromatic heterocycles. The van der Waals surface area contributed by atoms with E-state index < -0.39 is 0 Å². The van der Waals surface area contributed by atoms with Gasteiger partial charge in [0.2, 0.25) is 0 Å². The summed E-state index contributed by atoms with van der Waals surface area (Å²) in [5, 5.41) is 7.84. The quantitative estimate of drug-likeness (QED) is 0.654. The fourth-order valence-electron chi connectivity index (χ4n) is 3.62. The van der Waals surface area contributed by atoms with Crippen molar-refractivity contribution in [1.82, 2.24) is 15.1 Å². The Labute approximate surface area is 167 Å². The van der Waals surface area contributed by atoms with Crippen molar-refractivity contribution in [3.05, 3.63) is 63.8 Å². The molecule has 140 valence electrons. The monoisotopic (exact) mass is 427 g/mol. The van der Waals surface area contributed by atoms with Crippen molar-refractivity contribution in [1.29, 1.82) is 0 Å². The second-order valence-electron chi connectivity index (χ2n) is 6.67. The fraction of sp³-hybridized carbons (Fsp3) is 0.286. The Bertz CT molecular complexity index is 940. The Morgan fingerprint density at radius 3 is 2.70 bits per heavy atom. The third kappa shape index (κ3) is 3.59. The number of H-pyrrole nitrogens is 1. The molecular weight excluding hydrogens is 406 g/mol. The summed E-state index contributed by atoms with van der Waals surface area (Å²) in [6, 6.07) is 14.6. The van der Waals surface area contributed by atoms with E-state index in [1.807, 2.05) is 12.1 Å². The summed E-state index contributed by atoms with van der Waals surface area (Å²) in [4.78, 5) is 2.46. The predicted molar refractivity (Wildman–Crippen MR) is 109 cm³/mol. The lowest BCUT2D eigenvalue weighted by Gasteiger charge is -2.27. The van der Waals surface area contributed by atoms with Crippen LogP contribution in [-0.4, -0.2) is 35.9 Å². The lowest BCUT2D eigenvalue weighted by atomic mass is 10.00. The molecule has 3 aromatic rings. The molecule has 1 aliphatic heterocycles. The van der Waals surface area contributed by atoms with Gasteiger partial charge in [-0.25, -0.2) is 0 Å². The zero-order valence-electron chi connectivity index (χ0n) is 15.5. The van der Waals surface area contributed by atoms with Crippen LogP contribution in [0.5, 0.6) is 11.5 Å². The van der Waals surface area contributed by atoms with Gasteiger partial charge in [-0.1, -0.05) is 30.3 Å². The topological polar surface area (TPSA) is 50.4 Å². The third-order valence-corrected chi connectivity index (χ3v) is 5.56. The molecule has 0 fully saturated rings. The van der Waals surface area contributed by atoms with Crippen molar-refractivity contribution in [2.45, 2.75) is 19.5 Å². The molecule has 0 atom stereocenters. The normalized spacial score (nSPS) is 14.0. The SMILES string of the molecule is COc1cc(-c2n[nH]c3c2CN(Cc2ccccc2)CC3)cc(Br)c1OC. The molecule has 4 rings (SSSR count). The summed E-state index contributed by atoms with van der Waals surface area (Å²) in [6.45, 7) is 2.85. The van der Waals surface area contributed by atoms with Gasteiger partial charge in [0.05, 0.1) is 24.4 Å². The minimum atomic E-state index is 0.690. The van der Waals surface area contributed by atoms with Gasteiger partial charge in [-0.3, -0.25) is 10.00 Å². The first kappa shape index (κ1) is 18.1. The van der Waals surface area contributed by atoms with Crippen molar-refractivity contribution in [3.8, 4) is 22.8 Å². The first-order chi connectivity index (χ1) is 13.2. The average Bonchev–Trinajstić information content (AvgIpc) is 3.11. The van der Waals surface area contributed by atoms with Crippen molar-refractivity contribution >= 4 is 15.9 Å². The van der Waals surface area contributed by atoms with E-state index in [1.54, 1.807) is 14.2 Å². The van der Waals surface area contributed by atoms with Crippen molar-refractivity contribution in [2.75, 3.05) is 20.8 Å². The van der Waals surface area contributed by atoms with Crippen LogP contribution in [0.4, 0.5) is 0 Å². The van der Waals surface area contributed by atoms with E-state index >= 15 is 0 Å². The molecule has 0 aliphatic carbocycles. The van der Waals surface area contributed by atoms with Crippen LogP contribution in [0.25, 0.3) is 11.3 Å². The zero-order chi connectivity index (χ0) is 18.8. The van der Waals surface area contributed by atoms with Gasteiger partial charge in [-0.05, 0) is 33.6 Å². The number of hydrogen-bond acceptors (Lipinski definition) is 4. The highest BCUT2D eigenvalue weighted by atomic mass is 79.9. The minimum Gasteiger partial charge on any atom is -0.493 e. The summed E-state index contributed by atoms with van der Waals surface area (Å²) < 4.78 is 11.8. The molecule has 0 saturated heterocycles. The summed E-state index contributed by atoms with van der Waals surface area (Å²) in [5.74, 6) is 1.38. The van der Waals surface area contributed by atoms with Gasteiger partial charge in [0.15, 0.2) is 11.5 Å². The van der Waals surface area contributed by atoms with Crippen LogP contribution in [0.15, 0.2) is 46.9 Å². The number of nitrogens with zero attached hydrogens (tertiary/aromatic N) is 2. The number of aromatic nitrogens is 2. The van der Waals surface area contributed by atoms with Crippen LogP contribution in [0, 0.1) is 0 Å². The summed E-state index contributed by atoms with van der Waals surface area (Å²) in [7, 11) is 3.29. The first-order valence-corrected chi connectivity index (χ1v) is 9.73. The standard InChI is InChI=1S/C21H22BrN3O2/c1-26-19-11-15(10-17(22)21(19)27-2)20-16-13-25(9-8-18(16)23-24-20)12-14-6-4-3-5-7-14/h3-7,10-11H,8-9,12-13H2,1-2H3,(H,23,24). The molecule has 1 N–H and O–H groups in total. The number of methoxy groups -OCH3 is 2. The van der Waals surface area contributed by atoms with Crippen LogP contribution in [-0.2, 0) is 19.5 Å². The molecular formula is C21H22BrN3O2. The predicted octanol–water partition coefficient (Wildman–Crippen LogP) is 4.41. The van der Waals surface area contributed by atoms with E-state index in [0.29, 0.717) is 11.5 Å². The maximum Gasteiger partial charge on any atom is 0.174 e. The van der Waals surface area contributed by atoms with E-state index in [9.17, 15) is 0 Å². The Morgan fingerprint density at radius 2 is 1.96 bits per heavy atom. The molecule has 0 unspecified atom stereocenters. The number of hydrogen-bond donors (Lipinski definition) is 1. The van der Waals surface area contributed by atoms with E-state index in [4.69, 9.17) is 9.47 Å². The summed E-state index contributed by atoms with van der Waals surface area (Å²) in [6.07, 6.45) is 0.976. The van der Waals surface area contributed by atoms with Crippen molar-refractivity contribution in [3.63, 3.8) is 0 Å². The van der Waals surface area contributed by atoms with Gasteiger partial charge >= 0.3 is 0 Å². The van der Waals surface area contributed by atoms with Crippen molar-refractivity contribution < 1.29 is 9.47 Å². The number of ether oxygens (including phenoxy) is 2. The Morgan fingerprint density at radius 1 is 1.15 bits per heavy atom. The van der Waals surface area contributed by atoms with Crippen LogP contribution in [0.3, 0.4) is 0 Å². The number of nitrogens with one attached hydrogen (secondary N) is 1. The van der Waals surface area contributed by atoms with E-state index in [1.165, 1.54) is 16.8 Å². The van der Waals surface area contributed by atoms with Crippen LogP contribution in [0.2, 0.25) is 0 Å². The molecule has 1 aliphatic rings. The van der Waals surface area contributed by atoms with Gasteiger partial charge in [0.25, 0.3) is 0 Å². The number of aromatic amines is 1. The fourth-order valence-corrected chi connectivity index (χ4v) is 4.22. The number of halogens is 1. The minimum absolute atomic E-state index is 0.690. The summed E-state index contributed by atoms with van der Waals surface area (Å²) >= 11 is 3.58. The Hall–Kier alpha value is -2.31. The second-order valence-corrected chi connectivity index (χ2v) is 7.52. The van der Waals surface area contributed by atoms with E-state index in [-0.39, 0.29) is 0 Å². The molecule has 0 saturated carbocycles. The molecule has 2 heterocycles. The van der Waals surface area contributed by atoms with E-state index in [2.05, 4.69) is 61.4 Å². The molecule has 5 nitrogen and oxygen atoms in total. The first-order valence-electron chi connectivity index (χ1n) is 8.94. The van der Waals surface area contributed by atoms with Crippen LogP contribution < -0.4 is 9.47 Å². The molecule has 2 aromatic carbocycles. The summed E-state index contributed by atoms with van der Waals surface area (Å²) in [5.41, 5.74) is 5.80. The van der Waals surface area contributed by atoms with Gasteiger partial charge in [0.1, 0.15) is 0 Å². The van der Waals surface area contributed by atoms with Gasteiger partial charge < -0.3 is 9.47 Å². The maximum absolute atomic E-state index is 5.50. The molecule has 0 amide bonds. The van der Waals surface area contributed by atoms with Gasteiger partial charge in [0, 0.05) is 42.9 Å². The molecule has 0 radical (unpaired) electrons. The Kier molecular flexibility index (Phi) is 5.18. The average molecular weight is 428 g/mol.